The smallest absolute Gasteiger partial charge is 0.119 e. The maximum Gasteiger partial charge on any atom is 0.119 e. The Hall–Kier alpha value is -3.72. The highest BCUT2D eigenvalue weighted by molar-refractivity contribution is 5.46. The SMILES string of the molecule is C=CCOc1ccc(C(c2ccc(OCC=C)cc2)c2ccc(OCC(=C)C)cc2)cc1. The van der Waals surface area contributed by atoms with E-state index in [-0.39, 0.29) is 5.92 Å². The molecular formula is C29H30O3. The molecule has 0 aliphatic rings. The van der Waals surface area contributed by atoms with Crippen molar-refractivity contribution < 1.29 is 14.2 Å². The fourth-order valence-corrected chi connectivity index (χ4v) is 3.36. The predicted octanol–water partition coefficient (Wildman–Crippen LogP) is 6.95. The van der Waals surface area contributed by atoms with Crippen LogP contribution in [0.2, 0.25) is 0 Å². The molecular weight excluding hydrogens is 396 g/mol. The van der Waals surface area contributed by atoms with Crippen LogP contribution < -0.4 is 14.2 Å². The maximum absolute atomic E-state index is 5.77. The van der Waals surface area contributed by atoms with E-state index in [9.17, 15) is 0 Å². The second kappa shape index (κ2) is 11.6. The van der Waals surface area contributed by atoms with Gasteiger partial charge >= 0.3 is 0 Å². The van der Waals surface area contributed by atoms with Crippen molar-refractivity contribution in [3.05, 3.63) is 127 Å². The van der Waals surface area contributed by atoms with Crippen molar-refractivity contribution in [1.82, 2.24) is 0 Å². The second-order valence-corrected chi connectivity index (χ2v) is 7.59. The summed E-state index contributed by atoms with van der Waals surface area (Å²) in [6.45, 7) is 14.7. The van der Waals surface area contributed by atoms with Gasteiger partial charge in [0.25, 0.3) is 0 Å². The van der Waals surface area contributed by atoms with Gasteiger partial charge in [0.05, 0.1) is 0 Å². The quantitative estimate of drug-likeness (QED) is 0.232. The van der Waals surface area contributed by atoms with Gasteiger partial charge in [-0.2, -0.15) is 0 Å². The van der Waals surface area contributed by atoms with E-state index < -0.39 is 0 Å². The van der Waals surface area contributed by atoms with E-state index in [1.54, 1.807) is 12.2 Å². The summed E-state index contributed by atoms with van der Waals surface area (Å²) in [6.07, 6.45) is 3.48. The van der Waals surface area contributed by atoms with Crippen LogP contribution in [0.1, 0.15) is 29.5 Å². The molecule has 3 rings (SSSR count). The first-order valence-corrected chi connectivity index (χ1v) is 10.6. The van der Waals surface area contributed by atoms with Gasteiger partial charge in [-0.15, -0.1) is 0 Å². The van der Waals surface area contributed by atoms with E-state index in [1.165, 1.54) is 16.7 Å². The monoisotopic (exact) mass is 426 g/mol. The van der Waals surface area contributed by atoms with Crippen LogP contribution in [0.25, 0.3) is 0 Å². The van der Waals surface area contributed by atoms with Gasteiger partial charge in [-0.25, -0.2) is 0 Å². The molecule has 0 spiro atoms. The lowest BCUT2D eigenvalue weighted by Gasteiger charge is -2.20. The molecule has 0 unspecified atom stereocenters. The Bertz CT molecular complexity index is 960. The number of benzene rings is 3. The number of hydrogen-bond acceptors (Lipinski definition) is 3. The van der Waals surface area contributed by atoms with Crippen LogP contribution >= 0.6 is 0 Å². The third kappa shape index (κ3) is 6.39. The van der Waals surface area contributed by atoms with E-state index in [4.69, 9.17) is 14.2 Å². The standard InChI is InChI=1S/C29H30O3/c1-5-19-30-26-13-7-23(8-14-26)29(24-9-15-27(16-10-24)31-20-6-2)25-11-17-28(18-12-25)32-21-22(3)4/h5-18,29H,1-3,19-21H2,4H3. The zero-order valence-corrected chi connectivity index (χ0v) is 18.6. The van der Waals surface area contributed by atoms with Crippen molar-refractivity contribution in [2.45, 2.75) is 12.8 Å². The molecule has 0 amide bonds. The van der Waals surface area contributed by atoms with Crippen molar-refractivity contribution in [2.75, 3.05) is 19.8 Å². The predicted molar refractivity (Wildman–Crippen MR) is 132 cm³/mol. The third-order valence-corrected chi connectivity index (χ3v) is 4.86. The Morgan fingerprint density at radius 3 is 1.31 bits per heavy atom. The van der Waals surface area contributed by atoms with Crippen LogP contribution in [0.15, 0.2) is 110 Å². The molecule has 0 heterocycles. The second-order valence-electron chi connectivity index (χ2n) is 7.59. The van der Waals surface area contributed by atoms with E-state index in [0.29, 0.717) is 19.8 Å². The topological polar surface area (TPSA) is 27.7 Å². The molecule has 0 saturated carbocycles. The molecule has 3 aromatic rings. The molecule has 0 radical (unpaired) electrons. The molecule has 32 heavy (non-hydrogen) atoms. The van der Waals surface area contributed by atoms with E-state index >= 15 is 0 Å². The average molecular weight is 427 g/mol. The molecule has 0 saturated heterocycles. The minimum atomic E-state index is 0.0621. The molecule has 0 aliphatic heterocycles. The Balaban J connectivity index is 1.91. The summed E-state index contributed by atoms with van der Waals surface area (Å²) in [4.78, 5) is 0. The molecule has 3 heteroatoms. The van der Waals surface area contributed by atoms with E-state index in [0.717, 1.165) is 22.8 Å². The van der Waals surface area contributed by atoms with E-state index in [1.807, 2.05) is 43.3 Å². The van der Waals surface area contributed by atoms with Gasteiger partial charge in [0.2, 0.25) is 0 Å². The highest BCUT2D eigenvalue weighted by Gasteiger charge is 2.17. The molecule has 164 valence electrons. The minimum Gasteiger partial charge on any atom is -0.490 e. The number of hydrogen-bond donors (Lipinski definition) is 0. The summed E-state index contributed by atoms with van der Waals surface area (Å²) >= 11 is 0. The van der Waals surface area contributed by atoms with Crippen LogP contribution in [0.5, 0.6) is 17.2 Å². The van der Waals surface area contributed by atoms with Crippen molar-refractivity contribution in [3.8, 4) is 17.2 Å². The molecule has 0 fully saturated rings. The van der Waals surface area contributed by atoms with Crippen molar-refractivity contribution in [1.29, 1.82) is 0 Å². The lowest BCUT2D eigenvalue weighted by molar-refractivity contribution is 0.352. The first kappa shape index (κ1) is 23.0. The Kier molecular flexibility index (Phi) is 8.33. The molecule has 0 aliphatic carbocycles. The van der Waals surface area contributed by atoms with Crippen LogP contribution in [0, 0.1) is 0 Å². The van der Waals surface area contributed by atoms with Gasteiger partial charge < -0.3 is 14.2 Å². The van der Waals surface area contributed by atoms with Gasteiger partial charge in [0.1, 0.15) is 37.1 Å². The molecule has 0 atom stereocenters. The number of rotatable bonds is 12. The first-order valence-electron chi connectivity index (χ1n) is 10.6. The van der Waals surface area contributed by atoms with Crippen molar-refractivity contribution >= 4 is 0 Å². The van der Waals surface area contributed by atoms with Crippen molar-refractivity contribution in [2.24, 2.45) is 0 Å². The average Bonchev–Trinajstić information content (AvgIpc) is 2.82. The van der Waals surface area contributed by atoms with Crippen LogP contribution in [0.4, 0.5) is 0 Å². The van der Waals surface area contributed by atoms with Gasteiger partial charge in [-0.05, 0) is 65.6 Å². The van der Waals surface area contributed by atoms with Gasteiger partial charge in [0, 0.05) is 5.92 Å². The summed E-state index contributed by atoms with van der Waals surface area (Å²) < 4.78 is 17.1. The summed E-state index contributed by atoms with van der Waals surface area (Å²) in [6, 6.07) is 24.7. The Morgan fingerprint density at radius 1 is 0.656 bits per heavy atom. The van der Waals surface area contributed by atoms with Crippen molar-refractivity contribution in [3.63, 3.8) is 0 Å². The molecule has 0 N–H and O–H groups in total. The van der Waals surface area contributed by atoms with Crippen LogP contribution in [-0.2, 0) is 0 Å². The molecule has 0 aromatic heterocycles. The maximum atomic E-state index is 5.77. The summed E-state index contributed by atoms with van der Waals surface area (Å²) in [7, 11) is 0. The first-order chi connectivity index (χ1) is 15.6. The number of ether oxygens (including phenoxy) is 3. The Morgan fingerprint density at radius 2 is 1.00 bits per heavy atom. The van der Waals surface area contributed by atoms with Crippen LogP contribution in [0.3, 0.4) is 0 Å². The third-order valence-electron chi connectivity index (χ3n) is 4.86. The zero-order valence-electron chi connectivity index (χ0n) is 18.6. The fourth-order valence-electron chi connectivity index (χ4n) is 3.36. The van der Waals surface area contributed by atoms with Crippen LogP contribution in [-0.4, -0.2) is 19.8 Å². The highest BCUT2D eigenvalue weighted by Crippen LogP contribution is 2.34. The van der Waals surface area contributed by atoms with E-state index in [2.05, 4.69) is 56.1 Å². The molecule has 3 aromatic carbocycles. The fraction of sp³-hybridized carbons (Fsp3) is 0.172. The Labute approximate surface area is 191 Å². The zero-order chi connectivity index (χ0) is 22.8. The minimum absolute atomic E-state index is 0.0621. The van der Waals surface area contributed by atoms with Gasteiger partial charge in [-0.1, -0.05) is 68.3 Å². The lowest BCUT2D eigenvalue weighted by Crippen LogP contribution is -2.05. The normalized spacial score (nSPS) is 10.4. The van der Waals surface area contributed by atoms with Gasteiger partial charge in [0.15, 0.2) is 0 Å². The highest BCUT2D eigenvalue weighted by atomic mass is 16.5. The van der Waals surface area contributed by atoms with Gasteiger partial charge in [-0.3, -0.25) is 0 Å². The molecule has 3 nitrogen and oxygen atoms in total. The summed E-state index contributed by atoms with van der Waals surface area (Å²) in [5.41, 5.74) is 4.51. The molecule has 0 bridgehead atoms. The summed E-state index contributed by atoms with van der Waals surface area (Å²) in [5.74, 6) is 2.54. The lowest BCUT2D eigenvalue weighted by atomic mass is 9.85. The summed E-state index contributed by atoms with van der Waals surface area (Å²) in [5, 5.41) is 0. The largest absolute Gasteiger partial charge is 0.490 e.